The van der Waals surface area contributed by atoms with Gasteiger partial charge < -0.3 is 15.1 Å². The number of allylic oxidation sites excluding steroid dienone is 1. The van der Waals surface area contributed by atoms with E-state index < -0.39 is 0 Å². The lowest BCUT2D eigenvalue weighted by molar-refractivity contribution is -0.124. The van der Waals surface area contributed by atoms with Crippen molar-refractivity contribution in [1.29, 1.82) is 0 Å². The van der Waals surface area contributed by atoms with Crippen LogP contribution in [0.3, 0.4) is 0 Å². The molecule has 1 N–H and O–H groups in total. The largest absolute Gasteiger partial charge is 0.370 e. The monoisotopic (exact) mass is 569 g/mol. The fourth-order valence-electron chi connectivity index (χ4n) is 5.79. The first-order valence-electron chi connectivity index (χ1n) is 14.5. The average molecular weight is 570 g/mol. The zero-order valence-electron chi connectivity index (χ0n) is 24.7. The van der Waals surface area contributed by atoms with Gasteiger partial charge in [0.05, 0.1) is 13.6 Å². The Balaban J connectivity index is 1.37. The van der Waals surface area contributed by atoms with E-state index in [0.29, 0.717) is 26.2 Å². The molecule has 3 aromatic carbocycles. The summed E-state index contributed by atoms with van der Waals surface area (Å²) < 4.78 is 0.277. The predicted molar refractivity (Wildman–Crippen MR) is 171 cm³/mol. The van der Waals surface area contributed by atoms with Gasteiger partial charge in [-0.3, -0.25) is 0 Å². The number of urea groups is 1. The molecule has 0 aliphatic carbocycles. The van der Waals surface area contributed by atoms with Crippen LogP contribution in [0, 0.1) is 20.8 Å². The van der Waals surface area contributed by atoms with Crippen molar-refractivity contribution in [3.8, 4) is 0 Å². The number of anilines is 1. The molecule has 0 radical (unpaired) electrons. The molecule has 2 heterocycles. The van der Waals surface area contributed by atoms with E-state index in [1.165, 1.54) is 11.1 Å². The highest BCUT2D eigenvalue weighted by Gasteiger charge is 2.41. The van der Waals surface area contributed by atoms with Gasteiger partial charge in [0.15, 0.2) is 0 Å². The van der Waals surface area contributed by atoms with Gasteiger partial charge in [-0.25, -0.2) is 14.1 Å². The third kappa shape index (κ3) is 6.36. The molecule has 0 aromatic heterocycles. The van der Waals surface area contributed by atoms with Crippen molar-refractivity contribution in [2.45, 2.75) is 39.4 Å². The lowest BCUT2D eigenvalue weighted by atomic mass is 10.1. The molecule has 1 saturated heterocycles. The van der Waals surface area contributed by atoms with E-state index in [9.17, 15) is 9.59 Å². The summed E-state index contributed by atoms with van der Waals surface area (Å²) in [6, 6.07) is 24.7. The molecule has 3 aromatic rings. The summed E-state index contributed by atoms with van der Waals surface area (Å²) in [5, 5.41) is 3.14. The Morgan fingerprint density at radius 2 is 1.54 bits per heavy atom. The molecule has 1 fully saturated rings. The van der Waals surface area contributed by atoms with Gasteiger partial charge in [-0.05, 0) is 56.0 Å². The van der Waals surface area contributed by atoms with E-state index in [1.807, 2.05) is 55.1 Å². The number of likely N-dealkylation sites (N-methyl/N-ethyl adjacent to an activating group) is 1. The summed E-state index contributed by atoms with van der Waals surface area (Å²) >= 11 is 1.67. The van der Waals surface area contributed by atoms with Gasteiger partial charge in [-0.15, -0.1) is 11.8 Å². The lowest BCUT2D eigenvalue weighted by Gasteiger charge is -2.38. The minimum absolute atomic E-state index is 0.0599. The van der Waals surface area contributed by atoms with Crippen LogP contribution in [0.5, 0.6) is 0 Å². The number of para-hydroxylation sites is 2. The van der Waals surface area contributed by atoms with Crippen LogP contribution in [-0.4, -0.2) is 61.5 Å². The highest BCUT2D eigenvalue weighted by Crippen LogP contribution is 2.37. The molecule has 0 bridgehead atoms. The molecule has 2 aliphatic rings. The minimum atomic E-state index is -0.0599. The minimum Gasteiger partial charge on any atom is -0.370 e. The van der Waals surface area contributed by atoms with Gasteiger partial charge in [0.1, 0.15) is 10.6 Å². The van der Waals surface area contributed by atoms with Crippen molar-refractivity contribution in [1.82, 2.24) is 14.3 Å². The lowest BCUT2D eigenvalue weighted by Crippen LogP contribution is -2.52. The third-order valence-corrected chi connectivity index (χ3v) is 9.59. The van der Waals surface area contributed by atoms with Crippen LogP contribution in [0.15, 0.2) is 83.4 Å². The van der Waals surface area contributed by atoms with E-state index in [4.69, 9.17) is 0 Å². The Morgan fingerprint density at radius 1 is 0.878 bits per heavy atom. The van der Waals surface area contributed by atoms with E-state index in [-0.39, 0.29) is 16.4 Å². The normalized spacial score (nSPS) is 19.8. The number of quaternary nitrogens is 1. The summed E-state index contributed by atoms with van der Waals surface area (Å²) in [6.45, 7) is 9.57. The van der Waals surface area contributed by atoms with Gasteiger partial charge in [0.2, 0.25) is 0 Å². The number of benzene rings is 3. The molecule has 214 valence electrons. The molecule has 7 heteroatoms. The molecule has 0 saturated carbocycles. The summed E-state index contributed by atoms with van der Waals surface area (Å²) in [5.74, 6) is 0.911. The van der Waals surface area contributed by atoms with Crippen molar-refractivity contribution in [2.24, 2.45) is 0 Å². The van der Waals surface area contributed by atoms with Crippen LogP contribution in [0.2, 0.25) is 0 Å². The number of amides is 3. The van der Waals surface area contributed by atoms with Crippen molar-refractivity contribution in [3.05, 3.63) is 106 Å². The van der Waals surface area contributed by atoms with Crippen LogP contribution in [0.1, 0.15) is 35.1 Å². The number of nitrogens with one attached hydrogen (secondary N) is 1. The van der Waals surface area contributed by atoms with Gasteiger partial charge in [0, 0.05) is 49.7 Å². The first-order chi connectivity index (χ1) is 19.8. The van der Waals surface area contributed by atoms with Crippen molar-refractivity contribution < 1.29 is 9.59 Å². The highest BCUT2D eigenvalue weighted by molar-refractivity contribution is 8.03. The van der Waals surface area contributed by atoms with Crippen molar-refractivity contribution in [3.63, 3.8) is 0 Å². The standard InChI is InChI=1S/C34H40N4O2S/c1-25-15-17-28(18-16-25)24-41-32-30(14-9-23-38(4,33(32)39)29-12-6-5-7-13-29)36-19-21-37(22-20-36)34(40)35-31-26(2)10-8-11-27(31)3/h5-8,10-13,15-18H,9,14,19-24H2,1-4H3/p+1. The maximum absolute atomic E-state index is 14.4. The quantitative estimate of drug-likeness (QED) is 0.330. The number of carbonyl (C=O) groups excluding carboxylic acids is 2. The first-order valence-corrected chi connectivity index (χ1v) is 15.5. The number of nitrogens with zero attached hydrogens (tertiary/aromatic N) is 3. The zero-order valence-corrected chi connectivity index (χ0v) is 25.5. The summed E-state index contributed by atoms with van der Waals surface area (Å²) in [4.78, 5) is 32.7. The van der Waals surface area contributed by atoms with Crippen molar-refractivity contribution in [2.75, 3.05) is 45.1 Å². The molecular weight excluding hydrogens is 528 g/mol. The molecule has 1 atom stereocenters. The summed E-state index contributed by atoms with van der Waals surface area (Å²) in [5.41, 5.74) is 7.64. The number of hydrogen-bond acceptors (Lipinski definition) is 4. The van der Waals surface area contributed by atoms with Crippen molar-refractivity contribution >= 4 is 35.1 Å². The van der Waals surface area contributed by atoms with Crippen LogP contribution in [0.25, 0.3) is 0 Å². The Labute approximate surface area is 248 Å². The molecule has 3 amide bonds. The second kappa shape index (κ2) is 12.5. The molecule has 5 rings (SSSR count). The first kappa shape index (κ1) is 29.0. The fourth-order valence-corrected chi connectivity index (χ4v) is 7.02. The summed E-state index contributed by atoms with van der Waals surface area (Å²) in [7, 11) is 2.06. The Kier molecular flexibility index (Phi) is 8.85. The topological polar surface area (TPSA) is 52.6 Å². The number of carbonyl (C=O) groups is 2. The Hall–Kier alpha value is -3.55. The second-order valence-corrected chi connectivity index (χ2v) is 12.4. The van der Waals surface area contributed by atoms with Gasteiger partial charge in [-0.2, -0.15) is 0 Å². The molecular formula is C34H41N4O2S+. The fraction of sp³-hybridized carbons (Fsp3) is 0.353. The average Bonchev–Trinajstić information content (AvgIpc) is 3.11. The van der Waals surface area contributed by atoms with Gasteiger partial charge in [-0.1, -0.05) is 66.2 Å². The van der Waals surface area contributed by atoms with E-state index in [2.05, 4.69) is 60.6 Å². The molecule has 6 nitrogen and oxygen atoms in total. The Bertz CT molecular complexity index is 1410. The smallest absolute Gasteiger partial charge is 0.358 e. The molecule has 1 unspecified atom stereocenters. The summed E-state index contributed by atoms with van der Waals surface area (Å²) in [6.07, 6.45) is 1.78. The second-order valence-electron chi connectivity index (χ2n) is 11.4. The van der Waals surface area contributed by atoms with Crippen LogP contribution < -0.4 is 9.80 Å². The number of thioether (sulfide) groups is 1. The number of piperazine rings is 1. The van der Waals surface area contributed by atoms with Crippen LogP contribution >= 0.6 is 11.8 Å². The Morgan fingerprint density at radius 3 is 2.20 bits per heavy atom. The van der Waals surface area contributed by atoms with Crippen LogP contribution in [-0.2, 0) is 10.5 Å². The molecule has 41 heavy (non-hydrogen) atoms. The van der Waals surface area contributed by atoms with E-state index in [1.54, 1.807) is 11.8 Å². The number of aryl methyl sites for hydroxylation is 3. The van der Waals surface area contributed by atoms with Gasteiger partial charge >= 0.3 is 11.9 Å². The van der Waals surface area contributed by atoms with Gasteiger partial charge in [0.25, 0.3) is 0 Å². The number of rotatable bonds is 6. The maximum Gasteiger partial charge on any atom is 0.358 e. The maximum atomic E-state index is 14.4. The van der Waals surface area contributed by atoms with Crippen LogP contribution in [0.4, 0.5) is 16.2 Å². The highest BCUT2D eigenvalue weighted by atomic mass is 32.2. The predicted octanol–water partition coefficient (Wildman–Crippen LogP) is 6.86. The molecule has 0 spiro atoms. The zero-order chi connectivity index (χ0) is 29.0. The third-order valence-electron chi connectivity index (χ3n) is 8.41. The molecule has 2 aliphatic heterocycles. The SMILES string of the molecule is Cc1ccc(CSC2=C(N3CCN(C(=O)Nc4c(C)cccc4C)CC3)CCC[N+](C)(c3ccccc3)C2=O)cc1. The van der Waals surface area contributed by atoms with E-state index >= 15 is 0 Å². The van der Waals surface area contributed by atoms with E-state index in [0.717, 1.165) is 58.2 Å². The number of hydrogen-bond donors (Lipinski definition) is 1.